The molecule has 0 spiro atoms. The molecule has 1 aliphatic heterocycles. The van der Waals surface area contributed by atoms with Gasteiger partial charge in [-0.2, -0.15) is 0 Å². The van der Waals surface area contributed by atoms with E-state index in [0.29, 0.717) is 25.3 Å². The number of rotatable bonds is 7. The zero-order valence-corrected chi connectivity index (χ0v) is 20.0. The van der Waals surface area contributed by atoms with Gasteiger partial charge in [0.2, 0.25) is 10.0 Å². The lowest BCUT2D eigenvalue weighted by Crippen LogP contribution is -2.48. The third-order valence-electron chi connectivity index (χ3n) is 6.09. The predicted octanol–water partition coefficient (Wildman–Crippen LogP) is 3.04. The zero-order chi connectivity index (χ0) is 23.6. The van der Waals surface area contributed by atoms with Crippen molar-refractivity contribution in [2.75, 3.05) is 40.3 Å². The minimum absolute atomic E-state index is 0.0376. The molecule has 33 heavy (non-hydrogen) atoms. The summed E-state index contributed by atoms with van der Waals surface area (Å²) in [5.41, 5.74) is 2.64. The summed E-state index contributed by atoms with van der Waals surface area (Å²) in [5, 5.41) is 0.728. The van der Waals surface area contributed by atoms with E-state index in [-0.39, 0.29) is 10.8 Å². The summed E-state index contributed by atoms with van der Waals surface area (Å²) >= 11 is 0. The average molecular weight is 467 g/mol. The molecule has 1 amide bonds. The van der Waals surface area contributed by atoms with Gasteiger partial charge in [-0.15, -0.1) is 6.58 Å². The molecule has 1 aliphatic rings. The van der Waals surface area contributed by atoms with Gasteiger partial charge in [-0.1, -0.05) is 36.4 Å². The molecule has 0 saturated carbocycles. The van der Waals surface area contributed by atoms with Gasteiger partial charge in [-0.05, 0) is 29.8 Å². The number of piperazine rings is 1. The maximum atomic E-state index is 13.4. The van der Waals surface area contributed by atoms with Crippen LogP contribution in [0.2, 0.25) is 0 Å². The minimum atomic E-state index is -3.55. The number of allylic oxidation sites excluding steroid dienone is 1. The Bertz CT molecular complexity index is 1260. The van der Waals surface area contributed by atoms with E-state index in [1.165, 1.54) is 24.0 Å². The second kappa shape index (κ2) is 9.51. The Morgan fingerprint density at radius 3 is 2.36 bits per heavy atom. The highest BCUT2D eigenvalue weighted by atomic mass is 32.2. The molecule has 8 heteroatoms. The predicted molar refractivity (Wildman–Crippen MR) is 131 cm³/mol. The summed E-state index contributed by atoms with van der Waals surface area (Å²) in [4.78, 5) is 17.9. The molecule has 174 valence electrons. The standard InChI is InChI=1S/C25H30N4O3S/c1-4-12-29-23-11-10-22(33(31,32)26(2)3)17-21(23)18-24(29)25(30)28-15-13-27(14-16-28)19-20-8-6-5-7-9-20/h4-11,17-18H,1,12-16,19H2,2-3H3. The van der Waals surface area contributed by atoms with Crippen LogP contribution in [0.1, 0.15) is 16.1 Å². The first kappa shape index (κ1) is 23.2. The van der Waals surface area contributed by atoms with Gasteiger partial charge in [0.25, 0.3) is 5.91 Å². The fraction of sp³-hybridized carbons (Fsp3) is 0.320. The molecule has 7 nitrogen and oxygen atoms in total. The fourth-order valence-electron chi connectivity index (χ4n) is 4.24. The highest BCUT2D eigenvalue weighted by Gasteiger charge is 2.26. The Balaban J connectivity index is 1.56. The number of sulfonamides is 1. The zero-order valence-electron chi connectivity index (χ0n) is 19.1. The van der Waals surface area contributed by atoms with Gasteiger partial charge in [0, 0.05) is 64.3 Å². The van der Waals surface area contributed by atoms with Crippen LogP contribution in [0.15, 0.2) is 72.1 Å². The number of nitrogens with zero attached hydrogens (tertiary/aromatic N) is 4. The van der Waals surface area contributed by atoms with Crippen molar-refractivity contribution in [2.24, 2.45) is 0 Å². The third kappa shape index (κ3) is 4.73. The number of hydrogen-bond donors (Lipinski definition) is 0. The van der Waals surface area contributed by atoms with E-state index in [9.17, 15) is 13.2 Å². The van der Waals surface area contributed by atoms with E-state index in [2.05, 4.69) is 23.6 Å². The van der Waals surface area contributed by atoms with Gasteiger partial charge < -0.3 is 9.47 Å². The van der Waals surface area contributed by atoms with Crippen molar-refractivity contribution >= 4 is 26.8 Å². The van der Waals surface area contributed by atoms with E-state index < -0.39 is 10.0 Å². The topological polar surface area (TPSA) is 65.9 Å². The van der Waals surface area contributed by atoms with E-state index in [0.717, 1.165) is 30.5 Å². The fourth-order valence-corrected chi connectivity index (χ4v) is 5.17. The summed E-state index contributed by atoms with van der Waals surface area (Å²) < 4.78 is 28.2. The molecule has 0 atom stereocenters. The normalized spacial score (nSPS) is 15.3. The highest BCUT2D eigenvalue weighted by molar-refractivity contribution is 7.89. The number of carbonyl (C=O) groups is 1. The van der Waals surface area contributed by atoms with Gasteiger partial charge in [0.15, 0.2) is 0 Å². The molecule has 2 aromatic carbocycles. The molecule has 0 N–H and O–H groups in total. The van der Waals surface area contributed by atoms with Crippen molar-refractivity contribution in [3.05, 3.63) is 78.5 Å². The Morgan fingerprint density at radius 1 is 1.03 bits per heavy atom. The molecular formula is C25H30N4O3S. The lowest BCUT2D eigenvalue weighted by molar-refractivity contribution is 0.0619. The van der Waals surface area contributed by atoms with Crippen LogP contribution in [0, 0.1) is 0 Å². The lowest BCUT2D eigenvalue weighted by Gasteiger charge is -2.34. The van der Waals surface area contributed by atoms with Crippen LogP contribution in [0.3, 0.4) is 0 Å². The van der Waals surface area contributed by atoms with Crippen LogP contribution in [0.5, 0.6) is 0 Å². The molecule has 3 aromatic rings. The van der Waals surface area contributed by atoms with Crippen LogP contribution in [-0.2, 0) is 23.1 Å². The number of aromatic nitrogens is 1. The van der Waals surface area contributed by atoms with Crippen LogP contribution in [-0.4, -0.2) is 73.3 Å². The molecule has 1 aromatic heterocycles. The SMILES string of the molecule is C=CCn1c(C(=O)N2CCN(Cc3ccccc3)CC2)cc2cc(S(=O)(=O)N(C)C)ccc21. The summed E-state index contributed by atoms with van der Waals surface area (Å²) in [5.74, 6) is -0.0376. The quantitative estimate of drug-likeness (QED) is 0.502. The van der Waals surface area contributed by atoms with Gasteiger partial charge >= 0.3 is 0 Å². The highest BCUT2D eigenvalue weighted by Crippen LogP contribution is 2.26. The van der Waals surface area contributed by atoms with Crippen molar-refractivity contribution in [1.82, 2.24) is 18.7 Å². The van der Waals surface area contributed by atoms with Crippen LogP contribution >= 0.6 is 0 Å². The van der Waals surface area contributed by atoms with Crippen LogP contribution in [0.25, 0.3) is 10.9 Å². The number of amides is 1. The second-order valence-electron chi connectivity index (χ2n) is 8.49. The van der Waals surface area contributed by atoms with Gasteiger partial charge in [-0.3, -0.25) is 9.69 Å². The molecule has 1 fully saturated rings. The van der Waals surface area contributed by atoms with Crippen LogP contribution in [0.4, 0.5) is 0 Å². The summed E-state index contributed by atoms with van der Waals surface area (Å²) in [6.45, 7) is 8.11. The van der Waals surface area contributed by atoms with E-state index in [1.54, 1.807) is 30.3 Å². The molecule has 0 bridgehead atoms. The summed E-state index contributed by atoms with van der Waals surface area (Å²) in [6, 6.07) is 17.1. The summed E-state index contributed by atoms with van der Waals surface area (Å²) in [7, 11) is -0.536. The number of benzene rings is 2. The number of fused-ring (bicyclic) bond motifs is 1. The third-order valence-corrected chi connectivity index (χ3v) is 7.90. The van der Waals surface area contributed by atoms with Gasteiger partial charge in [-0.25, -0.2) is 12.7 Å². The smallest absolute Gasteiger partial charge is 0.270 e. The van der Waals surface area contributed by atoms with Crippen molar-refractivity contribution in [3.63, 3.8) is 0 Å². The Morgan fingerprint density at radius 2 is 1.73 bits per heavy atom. The second-order valence-corrected chi connectivity index (χ2v) is 10.6. The Hall–Kier alpha value is -2.94. The molecule has 0 aliphatic carbocycles. The maximum Gasteiger partial charge on any atom is 0.270 e. The molecule has 0 radical (unpaired) electrons. The maximum absolute atomic E-state index is 13.4. The minimum Gasteiger partial charge on any atom is -0.335 e. The van der Waals surface area contributed by atoms with Gasteiger partial charge in [0.1, 0.15) is 5.69 Å². The first-order valence-electron chi connectivity index (χ1n) is 11.0. The molecule has 4 rings (SSSR count). The van der Waals surface area contributed by atoms with E-state index >= 15 is 0 Å². The van der Waals surface area contributed by atoms with Crippen molar-refractivity contribution in [1.29, 1.82) is 0 Å². The number of carbonyl (C=O) groups excluding carboxylic acids is 1. The van der Waals surface area contributed by atoms with Gasteiger partial charge in [0.05, 0.1) is 4.90 Å². The van der Waals surface area contributed by atoms with Crippen molar-refractivity contribution < 1.29 is 13.2 Å². The number of hydrogen-bond acceptors (Lipinski definition) is 4. The first-order valence-corrected chi connectivity index (χ1v) is 12.5. The van der Waals surface area contributed by atoms with Crippen molar-refractivity contribution in [3.8, 4) is 0 Å². The molecule has 2 heterocycles. The Kier molecular flexibility index (Phi) is 6.69. The van der Waals surface area contributed by atoms with Crippen molar-refractivity contribution in [2.45, 2.75) is 18.0 Å². The summed E-state index contributed by atoms with van der Waals surface area (Å²) in [6.07, 6.45) is 1.75. The molecular weight excluding hydrogens is 436 g/mol. The Labute approximate surface area is 195 Å². The molecule has 0 unspecified atom stereocenters. The largest absolute Gasteiger partial charge is 0.335 e. The lowest BCUT2D eigenvalue weighted by atomic mass is 10.2. The van der Waals surface area contributed by atoms with E-state index in [1.807, 2.05) is 27.7 Å². The monoisotopic (exact) mass is 466 g/mol. The average Bonchev–Trinajstić information content (AvgIpc) is 3.17. The van der Waals surface area contributed by atoms with E-state index in [4.69, 9.17) is 0 Å². The van der Waals surface area contributed by atoms with Crippen LogP contribution < -0.4 is 0 Å². The first-order chi connectivity index (χ1) is 15.8. The molecule has 1 saturated heterocycles.